The van der Waals surface area contributed by atoms with E-state index < -0.39 is 41.4 Å². The molecule has 0 unspecified atom stereocenters. The Morgan fingerprint density at radius 3 is 2.43 bits per heavy atom. The number of alkyl halides is 4. The molecule has 1 aliphatic rings. The number of nitrogens with one attached hydrogen (secondary N) is 1. The van der Waals surface area contributed by atoms with Gasteiger partial charge in [0, 0.05) is 12.0 Å². The molecule has 21 heavy (non-hydrogen) atoms. The number of carbonyl (C=O) groups is 2. The van der Waals surface area contributed by atoms with Crippen LogP contribution in [0.25, 0.3) is 0 Å². The van der Waals surface area contributed by atoms with Crippen molar-refractivity contribution < 1.29 is 31.9 Å². The van der Waals surface area contributed by atoms with Crippen LogP contribution >= 0.6 is 0 Å². The zero-order valence-corrected chi connectivity index (χ0v) is 10.8. The standard InChI is InChI=1S/C13H11F4NO3/c1-21-12(20)7-3-2-6(4-8(7)13(15,16)17)11(19)18-10-5-9(10)14/h2-4,9-10H,5H2,1H3,(H,18,19)/t9-,10+/m0/s1. The molecule has 0 heterocycles. The third-order valence-corrected chi connectivity index (χ3v) is 3.02. The van der Waals surface area contributed by atoms with Crippen LogP contribution in [0.15, 0.2) is 18.2 Å². The monoisotopic (exact) mass is 305 g/mol. The first-order valence-corrected chi connectivity index (χ1v) is 5.98. The Kier molecular flexibility index (Phi) is 3.89. The number of hydrogen-bond donors (Lipinski definition) is 1. The average molecular weight is 305 g/mol. The predicted molar refractivity (Wildman–Crippen MR) is 63.6 cm³/mol. The fourth-order valence-electron chi connectivity index (χ4n) is 1.77. The van der Waals surface area contributed by atoms with E-state index >= 15 is 0 Å². The van der Waals surface area contributed by atoms with Crippen molar-refractivity contribution in [3.05, 3.63) is 34.9 Å². The van der Waals surface area contributed by atoms with Gasteiger partial charge in [-0.05, 0) is 18.2 Å². The summed E-state index contributed by atoms with van der Waals surface area (Å²) in [6, 6.07) is 1.82. The van der Waals surface area contributed by atoms with Gasteiger partial charge in [0.2, 0.25) is 0 Å². The van der Waals surface area contributed by atoms with Gasteiger partial charge in [-0.3, -0.25) is 4.79 Å². The van der Waals surface area contributed by atoms with Crippen molar-refractivity contribution in [2.45, 2.75) is 24.8 Å². The molecule has 1 fully saturated rings. The number of hydrogen-bond acceptors (Lipinski definition) is 3. The summed E-state index contributed by atoms with van der Waals surface area (Å²) in [6.07, 6.45) is -5.83. The molecule has 1 N–H and O–H groups in total. The molecule has 0 aromatic heterocycles. The van der Waals surface area contributed by atoms with Crippen LogP contribution in [0, 0.1) is 0 Å². The Morgan fingerprint density at radius 1 is 1.33 bits per heavy atom. The van der Waals surface area contributed by atoms with E-state index in [1.807, 2.05) is 0 Å². The van der Waals surface area contributed by atoms with Gasteiger partial charge in [-0.25, -0.2) is 9.18 Å². The van der Waals surface area contributed by atoms with E-state index in [-0.39, 0.29) is 12.0 Å². The Bertz CT molecular complexity index is 585. The van der Waals surface area contributed by atoms with E-state index in [4.69, 9.17) is 0 Å². The number of rotatable bonds is 3. The summed E-state index contributed by atoms with van der Waals surface area (Å²) in [7, 11) is 0.956. The summed E-state index contributed by atoms with van der Waals surface area (Å²) in [5, 5.41) is 2.26. The van der Waals surface area contributed by atoms with Crippen molar-refractivity contribution in [1.82, 2.24) is 5.32 Å². The highest BCUT2D eigenvalue weighted by Crippen LogP contribution is 2.33. The molecule has 2 atom stereocenters. The van der Waals surface area contributed by atoms with Crippen molar-refractivity contribution in [2.75, 3.05) is 7.11 Å². The molecule has 4 nitrogen and oxygen atoms in total. The van der Waals surface area contributed by atoms with Crippen LogP contribution < -0.4 is 5.32 Å². The lowest BCUT2D eigenvalue weighted by Gasteiger charge is -2.13. The Hall–Kier alpha value is -2.12. The number of ether oxygens (including phenoxy) is 1. The maximum Gasteiger partial charge on any atom is 0.417 e. The molecule has 8 heteroatoms. The van der Waals surface area contributed by atoms with Crippen molar-refractivity contribution in [3.63, 3.8) is 0 Å². The summed E-state index contributed by atoms with van der Waals surface area (Å²) in [6.45, 7) is 0. The molecule has 0 radical (unpaired) electrons. The molecule has 1 aliphatic carbocycles. The van der Waals surface area contributed by atoms with Crippen LogP contribution in [-0.4, -0.2) is 31.2 Å². The van der Waals surface area contributed by atoms with Crippen molar-refractivity contribution >= 4 is 11.9 Å². The molecule has 2 rings (SSSR count). The summed E-state index contributed by atoms with van der Waals surface area (Å²) in [5.41, 5.74) is -2.25. The number of esters is 1. The van der Waals surface area contributed by atoms with Crippen molar-refractivity contribution in [2.24, 2.45) is 0 Å². The third-order valence-electron chi connectivity index (χ3n) is 3.02. The minimum Gasteiger partial charge on any atom is -0.465 e. The molecule has 1 aromatic carbocycles. The lowest BCUT2D eigenvalue weighted by Crippen LogP contribution is -2.27. The highest BCUT2D eigenvalue weighted by atomic mass is 19.4. The lowest BCUT2D eigenvalue weighted by atomic mass is 10.0. The van der Waals surface area contributed by atoms with Crippen LogP contribution in [0.2, 0.25) is 0 Å². The number of benzene rings is 1. The highest BCUT2D eigenvalue weighted by molar-refractivity contribution is 5.97. The lowest BCUT2D eigenvalue weighted by molar-refractivity contribution is -0.138. The molecule has 1 saturated carbocycles. The van der Waals surface area contributed by atoms with E-state index in [0.29, 0.717) is 6.07 Å². The molecular weight excluding hydrogens is 294 g/mol. The minimum atomic E-state index is -4.82. The van der Waals surface area contributed by atoms with E-state index in [0.717, 1.165) is 19.2 Å². The first-order chi connectivity index (χ1) is 9.74. The van der Waals surface area contributed by atoms with Gasteiger partial charge in [0.05, 0.1) is 24.3 Å². The molecule has 114 valence electrons. The Morgan fingerprint density at radius 2 is 1.95 bits per heavy atom. The number of amides is 1. The largest absolute Gasteiger partial charge is 0.465 e. The van der Waals surface area contributed by atoms with Gasteiger partial charge in [-0.1, -0.05) is 0 Å². The fourth-order valence-corrected chi connectivity index (χ4v) is 1.77. The van der Waals surface area contributed by atoms with Gasteiger partial charge >= 0.3 is 12.1 Å². The van der Waals surface area contributed by atoms with Gasteiger partial charge in [0.25, 0.3) is 5.91 Å². The number of methoxy groups -OCH3 is 1. The van der Waals surface area contributed by atoms with Gasteiger partial charge < -0.3 is 10.1 Å². The molecule has 1 amide bonds. The Labute approximate surface area is 117 Å². The maximum absolute atomic E-state index is 12.9. The summed E-state index contributed by atoms with van der Waals surface area (Å²) in [5.74, 6) is -1.97. The SMILES string of the molecule is COC(=O)c1ccc(C(=O)N[C@@H]2C[C@@H]2F)cc1C(F)(F)F. The fraction of sp³-hybridized carbons (Fsp3) is 0.385. The average Bonchev–Trinajstić information content (AvgIpc) is 3.11. The predicted octanol–water partition coefficient (Wildman–Crippen LogP) is 2.33. The van der Waals surface area contributed by atoms with Crippen molar-refractivity contribution in [1.29, 1.82) is 0 Å². The van der Waals surface area contributed by atoms with Crippen LogP contribution in [0.5, 0.6) is 0 Å². The first kappa shape index (κ1) is 15.3. The van der Waals surface area contributed by atoms with E-state index in [9.17, 15) is 27.2 Å². The summed E-state index contributed by atoms with van der Waals surface area (Å²) in [4.78, 5) is 23.0. The molecule has 0 aliphatic heterocycles. The second-order valence-corrected chi connectivity index (χ2v) is 4.58. The van der Waals surface area contributed by atoms with Gasteiger partial charge in [-0.2, -0.15) is 13.2 Å². The smallest absolute Gasteiger partial charge is 0.417 e. The molecule has 0 spiro atoms. The zero-order valence-electron chi connectivity index (χ0n) is 10.8. The molecule has 0 bridgehead atoms. The maximum atomic E-state index is 12.9. The van der Waals surface area contributed by atoms with Crippen molar-refractivity contribution in [3.8, 4) is 0 Å². The van der Waals surface area contributed by atoms with Gasteiger partial charge in [0.1, 0.15) is 6.17 Å². The molecule has 0 saturated heterocycles. The van der Waals surface area contributed by atoms with Crippen LogP contribution in [0.1, 0.15) is 32.7 Å². The topological polar surface area (TPSA) is 55.4 Å². The van der Waals surface area contributed by atoms with E-state index in [1.54, 1.807) is 0 Å². The van der Waals surface area contributed by atoms with Crippen LogP contribution in [-0.2, 0) is 10.9 Å². The van der Waals surface area contributed by atoms with Gasteiger partial charge in [-0.15, -0.1) is 0 Å². The quantitative estimate of drug-likeness (QED) is 0.689. The first-order valence-electron chi connectivity index (χ1n) is 5.98. The molecular formula is C13H11F4NO3. The van der Waals surface area contributed by atoms with Crippen LogP contribution in [0.3, 0.4) is 0 Å². The summed E-state index contributed by atoms with van der Waals surface area (Å²) < 4.78 is 55.7. The molecule has 1 aromatic rings. The van der Waals surface area contributed by atoms with Gasteiger partial charge in [0.15, 0.2) is 0 Å². The normalized spacial score (nSPS) is 20.8. The number of halogens is 4. The van der Waals surface area contributed by atoms with E-state index in [2.05, 4.69) is 10.1 Å². The van der Waals surface area contributed by atoms with Crippen LogP contribution in [0.4, 0.5) is 17.6 Å². The Balaban J connectivity index is 2.32. The third kappa shape index (κ3) is 3.32. The number of carbonyl (C=O) groups excluding carboxylic acids is 2. The van der Waals surface area contributed by atoms with E-state index in [1.165, 1.54) is 0 Å². The highest BCUT2D eigenvalue weighted by Gasteiger charge is 2.40. The zero-order chi connectivity index (χ0) is 15.8. The summed E-state index contributed by atoms with van der Waals surface area (Å²) >= 11 is 0. The minimum absolute atomic E-state index is 0.151. The second-order valence-electron chi connectivity index (χ2n) is 4.58. The second kappa shape index (κ2) is 5.34.